The highest BCUT2D eigenvalue weighted by atomic mass is 35.5. The summed E-state index contributed by atoms with van der Waals surface area (Å²) in [5, 5.41) is 2.40. The molecule has 2 amide bonds. The van der Waals surface area contributed by atoms with Crippen LogP contribution in [0.15, 0.2) is 36.5 Å². The van der Waals surface area contributed by atoms with Gasteiger partial charge in [0.05, 0.1) is 10.9 Å². The molecule has 0 atom stereocenters. The quantitative estimate of drug-likeness (QED) is 0.340. The van der Waals surface area contributed by atoms with E-state index in [0.29, 0.717) is 5.56 Å². The van der Waals surface area contributed by atoms with Gasteiger partial charge in [-0.05, 0) is 45.2 Å². The third kappa shape index (κ3) is 6.73. The number of carbonyl (C=O) groups excluding carboxylic acids is 3. The molecule has 200 valence electrons. The van der Waals surface area contributed by atoms with Crippen LogP contribution in [0, 0.1) is 11.7 Å². The molecule has 1 N–H and O–H groups in total. The van der Waals surface area contributed by atoms with Crippen LogP contribution in [0.3, 0.4) is 0 Å². The molecule has 1 heterocycles. The lowest BCUT2D eigenvalue weighted by atomic mass is 9.66. The first-order valence-electron chi connectivity index (χ1n) is 11.3. The Balaban J connectivity index is 1.95. The summed E-state index contributed by atoms with van der Waals surface area (Å²) in [6, 6.07) is 6.21. The lowest BCUT2D eigenvalue weighted by Crippen LogP contribution is -2.67. The second-order valence-corrected chi connectivity index (χ2v) is 10.5. The molecular weight excluding hydrogens is 534 g/mol. The molecule has 0 radical (unpaired) electrons. The average molecular weight is 560 g/mol. The lowest BCUT2D eigenvalue weighted by Gasteiger charge is -2.51. The van der Waals surface area contributed by atoms with Gasteiger partial charge in [-0.3, -0.25) is 14.4 Å². The molecule has 0 unspecified atom stereocenters. The van der Waals surface area contributed by atoms with Crippen molar-refractivity contribution in [2.24, 2.45) is 5.92 Å². The zero-order valence-corrected chi connectivity index (χ0v) is 21.9. The van der Waals surface area contributed by atoms with Gasteiger partial charge in [0.15, 0.2) is 11.6 Å². The van der Waals surface area contributed by atoms with Gasteiger partial charge in [0.2, 0.25) is 5.91 Å². The van der Waals surface area contributed by atoms with Gasteiger partial charge in [-0.25, -0.2) is 18.2 Å². The summed E-state index contributed by atoms with van der Waals surface area (Å²) < 4.78 is 45.8. The van der Waals surface area contributed by atoms with E-state index in [1.165, 1.54) is 29.2 Å². The molecule has 37 heavy (non-hydrogen) atoms. The molecule has 3 rings (SSSR count). The van der Waals surface area contributed by atoms with E-state index in [2.05, 4.69) is 10.3 Å². The largest absolute Gasteiger partial charge is 0.460 e. The predicted molar refractivity (Wildman–Crippen MR) is 132 cm³/mol. The molecule has 1 saturated carbocycles. The minimum absolute atomic E-state index is 0.0186. The van der Waals surface area contributed by atoms with Gasteiger partial charge in [0.25, 0.3) is 12.3 Å². The Kier molecular flexibility index (Phi) is 8.74. The van der Waals surface area contributed by atoms with Gasteiger partial charge in [-0.15, -0.1) is 11.6 Å². The van der Waals surface area contributed by atoms with Gasteiger partial charge in [-0.1, -0.05) is 35.9 Å². The van der Waals surface area contributed by atoms with Crippen LogP contribution in [0.1, 0.15) is 51.2 Å². The minimum Gasteiger partial charge on any atom is -0.460 e. The number of rotatable bonds is 8. The molecule has 1 aliphatic carbocycles. The summed E-state index contributed by atoms with van der Waals surface area (Å²) >= 11 is 11.6. The minimum atomic E-state index is -2.67. The van der Waals surface area contributed by atoms with E-state index in [4.69, 9.17) is 27.9 Å². The van der Waals surface area contributed by atoms with Crippen molar-refractivity contribution in [1.29, 1.82) is 0 Å². The number of amides is 2. The molecule has 0 spiro atoms. The van der Waals surface area contributed by atoms with E-state index in [1.54, 1.807) is 20.8 Å². The molecule has 1 aromatic heterocycles. The number of aromatic nitrogens is 1. The fourth-order valence-electron chi connectivity index (χ4n) is 4.07. The van der Waals surface area contributed by atoms with Crippen molar-refractivity contribution in [1.82, 2.24) is 9.88 Å². The van der Waals surface area contributed by atoms with Gasteiger partial charge < -0.3 is 15.0 Å². The van der Waals surface area contributed by atoms with Crippen LogP contribution in [0.25, 0.3) is 0 Å². The fraction of sp³-hybridized carbons (Fsp3) is 0.440. The average Bonchev–Trinajstić information content (AvgIpc) is 2.78. The summed E-state index contributed by atoms with van der Waals surface area (Å²) in [7, 11) is 0. The van der Waals surface area contributed by atoms with Crippen molar-refractivity contribution in [2.75, 3.05) is 11.2 Å². The van der Waals surface area contributed by atoms with Crippen LogP contribution < -0.4 is 5.32 Å². The number of ether oxygens (including phenoxy) is 1. The highest BCUT2D eigenvalue weighted by Gasteiger charge is 2.58. The highest BCUT2D eigenvalue weighted by Crippen LogP contribution is 2.45. The van der Waals surface area contributed by atoms with Crippen LogP contribution >= 0.6 is 23.2 Å². The zero-order chi connectivity index (χ0) is 27.5. The molecule has 1 aromatic carbocycles. The van der Waals surface area contributed by atoms with Crippen LogP contribution in [0.5, 0.6) is 0 Å². The predicted octanol–water partition coefficient (Wildman–Crippen LogP) is 5.51. The lowest BCUT2D eigenvalue weighted by molar-refractivity contribution is -0.175. The molecule has 1 aliphatic rings. The second kappa shape index (κ2) is 11.3. The SMILES string of the molecule is CC(C)(C)OC(=O)[C@H]1C[C@](C(=O)Nc2ncc(Cl)cc2F)(N(Cc2ccc(C(F)F)cc2)C(=O)CCl)C1. The Morgan fingerprint density at radius 1 is 1.22 bits per heavy atom. The number of nitrogens with one attached hydrogen (secondary N) is 1. The Morgan fingerprint density at radius 3 is 2.35 bits per heavy atom. The molecule has 7 nitrogen and oxygen atoms in total. The van der Waals surface area contributed by atoms with Crippen LogP contribution in [-0.4, -0.2) is 44.7 Å². The first kappa shape index (κ1) is 28.7. The number of benzene rings is 1. The topological polar surface area (TPSA) is 88.6 Å². The molecule has 0 bridgehead atoms. The van der Waals surface area contributed by atoms with E-state index in [1.807, 2.05) is 0 Å². The zero-order valence-electron chi connectivity index (χ0n) is 20.4. The number of alkyl halides is 3. The maximum absolute atomic E-state index is 14.4. The molecule has 12 heteroatoms. The van der Waals surface area contributed by atoms with E-state index < -0.39 is 58.8 Å². The Labute approximate surface area is 222 Å². The molecular formula is C25H26Cl2F3N3O4. The van der Waals surface area contributed by atoms with Crippen LogP contribution in [0.4, 0.5) is 19.0 Å². The normalized spacial score (nSPS) is 19.2. The molecule has 1 fully saturated rings. The number of halogens is 5. The first-order valence-corrected chi connectivity index (χ1v) is 12.3. The van der Waals surface area contributed by atoms with Gasteiger partial charge in [0, 0.05) is 18.3 Å². The summed E-state index contributed by atoms with van der Waals surface area (Å²) in [6.45, 7) is 4.93. The Hall–Kier alpha value is -2.85. The third-order valence-electron chi connectivity index (χ3n) is 5.88. The number of hydrogen-bond donors (Lipinski definition) is 1. The van der Waals surface area contributed by atoms with Gasteiger partial charge >= 0.3 is 5.97 Å². The van der Waals surface area contributed by atoms with E-state index >= 15 is 0 Å². The number of carbonyl (C=O) groups is 3. The molecule has 2 aromatic rings. The maximum Gasteiger partial charge on any atom is 0.309 e. The van der Waals surface area contributed by atoms with Crippen molar-refractivity contribution in [2.45, 2.75) is 57.7 Å². The molecule has 0 saturated heterocycles. The van der Waals surface area contributed by atoms with Crippen LogP contribution in [0.2, 0.25) is 5.02 Å². The summed E-state index contributed by atoms with van der Waals surface area (Å²) in [5.41, 5.74) is -2.13. The smallest absolute Gasteiger partial charge is 0.309 e. The van der Waals surface area contributed by atoms with E-state index in [0.717, 1.165) is 12.3 Å². The van der Waals surface area contributed by atoms with Crippen molar-refractivity contribution < 1.29 is 32.3 Å². The number of anilines is 1. The van der Waals surface area contributed by atoms with Crippen molar-refractivity contribution in [3.8, 4) is 0 Å². The fourth-order valence-corrected chi connectivity index (χ4v) is 4.36. The van der Waals surface area contributed by atoms with E-state index in [9.17, 15) is 27.6 Å². The van der Waals surface area contributed by atoms with Crippen molar-refractivity contribution in [3.05, 3.63) is 58.5 Å². The maximum atomic E-state index is 14.4. The number of nitrogens with zero attached hydrogens (tertiary/aromatic N) is 2. The van der Waals surface area contributed by atoms with E-state index in [-0.39, 0.29) is 30.0 Å². The second-order valence-electron chi connectivity index (χ2n) is 9.76. The van der Waals surface area contributed by atoms with Gasteiger partial charge in [0.1, 0.15) is 17.0 Å². The number of pyridine rings is 1. The summed E-state index contributed by atoms with van der Waals surface area (Å²) in [6.07, 6.45) is -1.78. The molecule has 0 aliphatic heterocycles. The highest BCUT2D eigenvalue weighted by molar-refractivity contribution is 6.30. The Morgan fingerprint density at radius 2 is 1.84 bits per heavy atom. The van der Waals surface area contributed by atoms with Crippen molar-refractivity contribution in [3.63, 3.8) is 0 Å². The van der Waals surface area contributed by atoms with Crippen molar-refractivity contribution >= 4 is 46.8 Å². The van der Waals surface area contributed by atoms with Gasteiger partial charge in [-0.2, -0.15) is 0 Å². The Bertz CT molecular complexity index is 1170. The monoisotopic (exact) mass is 559 g/mol. The summed E-state index contributed by atoms with van der Waals surface area (Å²) in [5.74, 6) is -4.49. The summed E-state index contributed by atoms with van der Waals surface area (Å²) in [4.78, 5) is 44.2. The number of esters is 1. The first-order chi connectivity index (χ1) is 17.3. The van der Waals surface area contributed by atoms with Crippen LogP contribution in [-0.2, 0) is 25.7 Å². The number of hydrogen-bond acceptors (Lipinski definition) is 5. The standard InChI is InChI=1S/C25H26Cl2F3N3O4/c1-24(2,3)37-22(35)16-9-25(10-16,23(36)32-21-18(28)8-17(27)12-31-21)33(19(34)11-26)13-14-4-6-15(7-5-14)20(29)30/h4-8,12,16,20H,9-11,13H2,1-3H3,(H,31,32,36)/t16-,25-. The third-order valence-corrected chi connectivity index (χ3v) is 6.31.